The van der Waals surface area contributed by atoms with Gasteiger partial charge in [-0.25, -0.2) is 0 Å². The van der Waals surface area contributed by atoms with Crippen LogP contribution in [0, 0.1) is 5.41 Å². The van der Waals surface area contributed by atoms with E-state index >= 15 is 0 Å². The molecule has 0 amide bonds. The van der Waals surface area contributed by atoms with Crippen molar-refractivity contribution < 1.29 is 13.2 Å². The quantitative estimate of drug-likeness (QED) is 0.674. The van der Waals surface area contributed by atoms with Crippen LogP contribution in [0.4, 0.5) is 13.2 Å². The smallest absolute Gasteiger partial charge is 0.171 e. The largest absolute Gasteiger partial charge is 0.393 e. The van der Waals surface area contributed by atoms with Crippen LogP contribution in [0.5, 0.6) is 0 Å². The first-order valence-electron chi connectivity index (χ1n) is 4.80. The van der Waals surface area contributed by atoms with Crippen LogP contribution in [0.25, 0.3) is 0 Å². The number of benzene rings is 1. The Hall–Kier alpha value is -0.860. The molecule has 0 unspecified atom stereocenters. The lowest BCUT2D eigenvalue weighted by atomic mass is 9.40. The molecule has 1 rings (SSSR count). The van der Waals surface area contributed by atoms with Crippen LogP contribution in [0.1, 0.15) is 19.4 Å². The fraction of sp³-hybridized carbons (Fsp3) is 0.455. The lowest BCUT2D eigenvalue weighted by Crippen LogP contribution is -2.52. The molecule has 4 radical (unpaired) electrons. The second-order valence-electron chi connectivity index (χ2n) is 4.36. The standard InChI is InChI=1S/C11H11B2F3/c1-9(2,11(14,15)16)10(12,13)8-6-4-3-5-7-8/h3-7H,1-2H3. The van der Waals surface area contributed by atoms with E-state index in [2.05, 4.69) is 0 Å². The van der Waals surface area contributed by atoms with Crippen molar-refractivity contribution in [3.8, 4) is 0 Å². The van der Waals surface area contributed by atoms with Crippen molar-refractivity contribution >= 4 is 15.7 Å². The minimum atomic E-state index is -4.47. The molecular formula is C11H11B2F3. The van der Waals surface area contributed by atoms with Crippen molar-refractivity contribution in [2.45, 2.75) is 25.2 Å². The maximum atomic E-state index is 12.9. The van der Waals surface area contributed by atoms with Gasteiger partial charge in [0.1, 0.15) is 0 Å². The van der Waals surface area contributed by atoms with Crippen molar-refractivity contribution in [1.29, 1.82) is 0 Å². The third-order valence-corrected chi connectivity index (χ3v) is 2.99. The van der Waals surface area contributed by atoms with Crippen LogP contribution < -0.4 is 0 Å². The van der Waals surface area contributed by atoms with Gasteiger partial charge in [0.15, 0.2) is 0 Å². The Labute approximate surface area is 96.1 Å². The molecule has 0 nitrogen and oxygen atoms in total. The summed E-state index contributed by atoms with van der Waals surface area (Å²) in [4.78, 5) is 0. The molecule has 0 aliphatic heterocycles. The number of rotatable bonds is 2. The molecule has 0 spiro atoms. The summed E-state index contributed by atoms with van der Waals surface area (Å²) >= 11 is 0. The molecule has 1 aromatic carbocycles. The van der Waals surface area contributed by atoms with E-state index in [1.54, 1.807) is 18.2 Å². The highest BCUT2D eigenvalue weighted by Gasteiger charge is 2.55. The van der Waals surface area contributed by atoms with Crippen LogP contribution in [-0.4, -0.2) is 21.9 Å². The van der Waals surface area contributed by atoms with E-state index in [4.69, 9.17) is 15.7 Å². The first-order valence-corrected chi connectivity index (χ1v) is 4.80. The van der Waals surface area contributed by atoms with Crippen molar-refractivity contribution in [2.24, 2.45) is 5.41 Å². The van der Waals surface area contributed by atoms with Gasteiger partial charge in [-0.15, -0.1) is 0 Å². The summed E-state index contributed by atoms with van der Waals surface area (Å²) in [5.74, 6) is 0. The van der Waals surface area contributed by atoms with Crippen LogP contribution in [-0.2, 0) is 5.21 Å². The van der Waals surface area contributed by atoms with Gasteiger partial charge in [-0.3, -0.25) is 0 Å². The minimum absolute atomic E-state index is 0.261. The Morgan fingerprint density at radius 1 is 0.938 bits per heavy atom. The van der Waals surface area contributed by atoms with Gasteiger partial charge in [0.05, 0.1) is 21.1 Å². The normalized spacial score (nSPS) is 13.8. The maximum Gasteiger partial charge on any atom is 0.393 e. The highest BCUT2D eigenvalue weighted by Crippen LogP contribution is 2.48. The number of hydrogen-bond donors (Lipinski definition) is 0. The second-order valence-corrected chi connectivity index (χ2v) is 4.36. The molecule has 0 bridgehead atoms. The molecule has 0 aromatic heterocycles. The topological polar surface area (TPSA) is 0 Å². The highest BCUT2D eigenvalue weighted by molar-refractivity contribution is 6.40. The maximum absolute atomic E-state index is 12.9. The zero-order chi connectivity index (χ0) is 12.6. The van der Waals surface area contributed by atoms with Crippen molar-refractivity contribution in [1.82, 2.24) is 0 Å². The zero-order valence-electron chi connectivity index (χ0n) is 9.18. The lowest BCUT2D eigenvalue weighted by Gasteiger charge is -2.44. The van der Waals surface area contributed by atoms with E-state index in [0.29, 0.717) is 0 Å². The van der Waals surface area contributed by atoms with E-state index in [0.717, 1.165) is 13.8 Å². The van der Waals surface area contributed by atoms with Gasteiger partial charge in [0.2, 0.25) is 0 Å². The molecule has 82 valence electrons. The average molecular weight is 222 g/mol. The van der Waals surface area contributed by atoms with Gasteiger partial charge >= 0.3 is 6.18 Å². The lowest BCUT2D eigenvalue weighted by molar-refractivity contribution is -0.217. The molecular weight excluding hydrogens is 211 g/mol. The molecule has 1 aromatic rings. The average Bonchev–Trinajstić information content (AvgIpc) is 2.17. The summed E-state index contributed by atoms with van der Waals surface area (Å²) < 4.78 is 38.6. The summed E-state index contributed by atoms with van der Waals surface area (Å²) in [6.07, 6.45) is -4.47. The first-order chi connectivity index (χ1) is 7.11. The number of halogens is 3. The van der Waals surface area contributed by atoms with Crippen molar-refractivity contribution in [3.05, 3.63) is 35.9 Å². The van der Waals surface area contributed by atoms with Crippen LogP contribution in [0.15, 0.2) is 30.3 Å². The summed E-state index contributed by atoms with van der Waals surface area (Å²) in [7, 11) is 11.3. The zero-order valence-corrected chi connectivity index (χ0v) is 9.18. The molecule has 0 N–H and O–H groups in total. The van der Waals surface area contributed by atoms with E-state index in [-0.39, 0.29) is 5.56 Å². The van der Waals surface area contributed by atoms with Crippen molar-refractivity contribution in [3.63, 3.8) is 0 Å². The number of alkyl halides is 3. The predicted molar refractivity (Wildman–Crippen MR) is 59.5 cm³/mol. The van der Waals surface area contributed by atoms with E-state index in [9.17, 15) is 13.2 Å². The van der Waals surface area contributed by atoms with Crippen LogP contribution in [0.3, 0.4) is 0 Å². The predicted octanol–water partition coefficient (Wildman–Crippen LogP) is 2.76. The summed E-state index contributed by atoms with van der Waals surface area (Å²) in [5.41, 5.74) is -1.95. The second kappa shape index (κ2) is 3.86. The minimum Gasteiger partial charge on any atom is -0.171 e. The molecule has 0 heterocycles. The van der Waals surface area contributed by atoms with Crippen LogP contribution in [0.2, 0.25) is 0 Å². The van der Waals surface area contributed by atoms with Gasteiger partial charge in [-0.2, -0.15) is 13.2 Å². The fourth-order valence-electron chi connectivity index (χ4n) is 1.31. The first kappa shape index (κ1) is 13.2. The van der Waals surface area contributed by atoms with Gasteiger partial charge in [0, 0.05) is 0 Å². The van der Waals surface area contributed by atoms with E-state index < -0.39 is 16.8 Å². The van der Waals surface area contributed by atoms with Gasteiger partial charge < -0.3 is 0 Å². The molecule has 0 saturated heterocycles. The summed E-state index contributed by atoms with van der Waals surface area (Å²) in [6, 6.07) is 7.90. The van der Waals surface area contributed by atoms with Crippen LogP contribution >= 0.6 is 0 Å². The van der Waals surface area contributed by atoms with E-state index in [1.807, 2.05) is 0 Å². The van der Waals surface area contributed by atoms with Gasteiger partial charge in [0.25, 0.3) is 0 Å². The van der Waals surface area contributed by atoms with E-state index in [1.165, 1.54) is 12.1 Å². The Morgan fingerprint density at radius 3 is 1.75 bits per heavy atom. The molecule has 0 saturated carbocycles. The Kier molecular flexibility index (Phi) is 3.19. The van der Waals surface area contributed by atoms with Crippen molar-refractivity contribution in [2.75, 3.05) is 0 Å². The fourth-order valence-corrected chi connectivity index (χ4v) is 1.31. The SMILES string of the molecule is [B]C([B])(c1ccccc1)C(C)(C)C(F)(F)F. The highest BCUT2D eigenvalue weighted by atomic mass is 19.4. The summed E-state index contributed by atoms with van der Waals surface area (Å²) in [6.45, 7) is 2.00. The van der Waals surface area contributed by atoms with Gasteiger partial charge in [-0.05, 0) is 0 Å². The third-order valence-electron chi connectivity index (χ3n) is 2.99. The Bertz CT molecular complexity index is 355. The molecule has 16 heavy (non-hydrogen) atoms. The number of hydrogen-bond acceptors (Lipinski definition) is 0. The third kappa shape index (κ3) is 2.00. The molecule has 0 aliphatic carbocycles. The summed E-state index contributed by atoms with van der Waals surface area (Å²) in [5, 5.41) is -1.95. The molecule has 5 heteroatoms. The Morgan fingerprint density at radius 2 is 1.38 bits per heavy atom. The Balaban J connectivity index is 3.22. The molecule has 0 aliphatic rings. The monoisotopic (exact) mass is 222 g/mol. The molecule has 0 atom stereocenters. The van der Waals surface area contributed by atoms with Gasteiger partial charge in [-0.1, -0.05) is 55.0 Å². The molecule has 0 fully saturated rings.